The molecule has 0 aliphatic carbocycles. The van der Waals surface area contributed by atoms with Crippen molar-refractivity contribution in [3.05, 3.63) is 32.9 Å². The minimum atomic E-state index is -0.0118. The first-order chi connectivity index (χ1) is 6.20. The average Bonchev–Trinajstić information content (AvgIpc) is 2.16. The van der Waals surface area contributed by atoms with Gasteiger partial charge in [-0.3, -0.25) is 0 Å². The Morgan fingerprint density at radius 2 is 2.31 bits per heavy atom. The first kappa shape index (κ1) is 11.2. The highest BCUT2D eigenvalue weighted by Crippen LogP contribution is 2.25. The van der Waals surface area contributed by atoms with Crippen molar-refractivity contribution in [2.45, 2.75) is 18.2 Å². The predicted molar refractivity (Wildman–Crippen MR) is 66.3 cm³/mol. The van der Waals surface area contributed by atoms with Gasteiger partial charge in [0, 0.05) is 14.8 Å². The van der Waals surface area contributed by atoms with E-state index in [2.05, 4.69) is 44.6 Å². The number of halogens is 2. The number of hydrogen-bond donors (Lipinski definition) is 0. The standard InChI is InChI=1S/C10H10BrIO/c1-7(6-13)8-3-2-4-10(12)9(8)5-11/h2-4,6-7H,5H2,1H3. The predicted octanol–water partition coefficient (Wildman–Crippen LogP) is 3.49. The van der Waals surface area contributed by atoms with E-state index in [1.54, 1.807) is 0 Å². The number of rotatable bonds is 3. The summed E-state index contributed by atoms with van der Waals surface area (Å²) in [5.74, 6) is -0.0118. The molecule has 0 aliphatic heterocycles. The van der Waals surface area contributed by atoms with Crippen LogP contribution in [0.4, 0.5) is 0 Å². The van der Waals surface area contributed by atoms with E-state index in [1.165, 1.54) is 9.13 Å². The molecule has 1 unspecified atom stereocenters. The van der Waals surface area contributed by atoms with Gasteiger partial charge in [0.25, 0.3) is 0 Å². The number of hydrogen-bond acceptors (Lipinski definition) is 1. The van der Waals surface area contributed by atoms with Gasteiger partial charge in [0.15, 0.2) is 0 Å². The zero-order valence-electron chi connectivity index (χ0n) is 7.26. The molecule has 0 aliphatic rings. The molecule has 13 heavy (non-hydrogen) atoms. The lowest BCUT2D eigenvalue weighted by Crippen LogP contribution is -2.00. The third kappa shape index (κ3) is 2.53. The summed E-state index contributed by atoms with van der Waals surface area (Å²) in [5, 5.41) is 0.805. The Labute approximate surface area is 100 Å². The molecule has 70 valence electrons. The molecule has 0 saturated carbocycles. The molecule has 1 aromatic rings. The summed E-state index contributed by atoms with van der Waals surface area (Å²) in [4.78, 5) is 10.7. The lowest BCUT2D eigenvalue weighted by molar-refractivity contribution is -0.108. The van der Waals surface area contributed by atoms with Crippen molar-refractivity contribution in [1.82, 2.24) is 0 Å². The van der Waals surface area contributed by atoms with Crippen molar-refractivity contribution in [3.63, 3.8) is 0 Å². The maximum atomic E-state index is 10.7. The first-order valence-electron chi connectivity index (χ1n) is 3.99. The molecule has 3 heteroatoms. The van der Waals surface area contributed by atoms with Crippen LogP contribution in [-0.2, 0) is 10.1 Å². The Balaban J connectivity index is 3.19. The number of carbonyl (C=O) groups is 1. The van der Waals surface area contributed by atoms with E-state index >= 15 is 0 Å². The van der Waals surface area contributed by atoms with Gasteiger partial charge in [0.05, 0.1) is 0 Å². The monoisotopic (exact) mass is 352 g/mol. The van der Waals surface area contributed by atoms with E-state index in [9.17, 15) is 4.79 Å². The second-order valence-electron chi connectivity index (χ2n) is 2.87. The molecule has 0 N–H and O–H groups in total. The van der Waals surface area contributed by atoms with E-state index < -0.39 is 0 Å². The highest BCUT2D eigenvalue weighted by atomic mass is 127. The maximum Gasteiger partial charge on any atom is 0.127 e. The van der Waals surface area contributed by atoms with Crippen LogP contribution in [-0.4, -0.2) is 6.29 Å². The number of carbonyl (C=O) groups excluding carboxylic acids is 1. The molecule has 0 heterocycles. The van der Waals surface area contributed by atoms with Gasteiger partial charge in [0.1, 0.15) is 6.29 Å². The summed E-state index contributed by atoms with van der Waals surface area (Å²) in [7, 11) is 0. The lowest BCUT2D eigenvalue weighted by Gasteiger charge is -2.11. The molecule has 0 bridgehead atoms. The highest BCUT2D eigenvalue weighted by molar-refractivity contribution is 14.1. The largest absolute Gasteiger partial charge is 0.303 e. The van der Waals surface area contributed by atoms with E-state index in [4.69, 9.17) is 0 Å². The minimum Gasteiger partial charge on any atom is -0.303 e. The molecule has 1 nitrogen and oxygen atoms in total. The molecule has 1 atom stereocenters. The number of benzene rings is 1. The molecule has 0 fully saturated rings. The fourth-order valence-corrected chi connectivity index (χ4v) is 3.08. The molecule has 0 aromatic heterocycles. The van der Waals surface area contributed by atoms with Crippen LogP contribution < -0.4 is 0 Å². The quantitative estimate of drug-likeness (QED) is 0.462. The lowest BCUT2D eigenvalue weighted by atomic mass is 9.98. The van der Waals surface area contributed by atoms with E-state index in [0.717, 1.165) is 17.2 Å². The minimum absolute atomic E-state index is 0.0118. The van der Waals surface area contributed by atoms with Crippen LogP contribution in [0.1, 0.15) is 24.0 Å². The van der Waals surface area contributed by atoms with Crippen LogP contribution in [0.2, 0.25) is 0 Å². The van der Waals surface area contributed by atoms with Gasteiger partial charge in [-0.05, 0) is 39.8 Å². The van der Waals surface area contributed by atoms with Gasteiger partial charge < -0.3 is 4.79 Å². The number of alkyl halides is 1. The zero-order valence-corrected chi connectivity index (χ0v) is 11.0. The Morgan fingerprint density at radius 3 is 2.85 bits per heavy atom. The fraction of sp³-hybridized carbons (Fsp3) is 0.300. The molecule has 0 saturated heterocycles. The van der Waals surface area contributed by atoms with Gasteiger partial charge in [-0.15, -0.1) is 0 Å². The second-order valence-corrected chi connectivity index (χ2v) is 4.59. The van der Waals surface area contributed by atoms with Gasteiger partial charge in [-0.25, -0.2) is 0 Å². The third-order valence-corrected chi connectivity index (χ3v) is 3.55. The van der Waals surface area contributed by atoms with Crippen LogP contribution in [0.3, 0.4) is 0 Å². The Hall–Kier alpha value is 0.1000. The summed E-state index contributed by atoms with van der Waals surface area (Å²) in [6.07, 6.45) is 0.984. The molecular formula is C10H10BrIO. The van der Waals surface area contributed by atoms with Crippen LogP contribution in [0.15, 0.2) is 18.2 Å². The maximum absolute atomic E-state index is 10.7. The van der Waals surface area contributed by atoms with Crippen molar-refractivity contribution in [3.8, 4) is 0 Å². The molecular weight excluding hydrogens is 343 g/mol. The van der Waals surface area contributed by atoms with Crippen molar-refractivity contribution >= 4 is 44.8 Å². The van der Waals surface area contributed by atoms with Gasteiger partial charge >= 0.3 is 0 Å². The molecule has 0 radical (unpaired) electrons. The van der Waals surface area contributed by atoms with Crippen molar-refractivity contribution in [1.29, 1.82) is 0 Å². The normalized spacial score (nSPS) is 12.5. The Bertz CT molecular complexity index is 312. The summed E-state index contributed by atoms with van der Waals surface area (Å²) >= 11 is 5.73. The van der Waals surface area contributed by atoms with Crippen molar-refractivity contribution in [2.24, 2.45) is 0 Å². The smallest absolute Gasteiger partial charge is 0.127 e. The fourth-order valence-electron chi connectivity index (χ4n) is 1.22. The Morgan fingerprint density at radius 1 is 1.62 bits per heavy atom. The van der Waals surface area contributed by atoms with Crippen LogP contribution >= 0.6 is 38.5 Å². The first-order valence-corrected chi connectivity index (χ1v) is 6.19. The SMILES string of the molecule is CC(C=O)c1cccc(I)c1CBr. The molecule has 1 aromatic carbocycles. The summed E-state index contributed by atoms with van der Waals surface area (Å²) in [6, 6.07) is 6.05. The Kier molecular flexibility index (Phi) is 4.38. The highest BCUT2D eigenvalue weighted by Gasteiger charge is 2.10. The molecule has 0 spiro atoms. The van der Waals surface area contributed by atoms with E-state index in [1.807, 2.05) is 19.1 Å². The van der Waals surface area contributed by atoms with Gasteiger partial charge in [-0.2, -0.15) is 0 Å². The molecule has 0 amide bonds. The van der Waals surface area contributed by atoms with Crippen molar-refractivity contribution < 1.29 is 4.79 Å². The average molecular weight is 353 g/mol. The van der Waals surface area contributed by atoms with Crippen molar-refractivity contribution in [2.75, 3.05) is 0 Å². The third-order valence-electron chi connectivity index (χ3n) is 1.98. The van der Waals surface area contributed by atoms with Crippen LogP contribution in [0.5, 0.6) is 0 Å². The summed E-state index contributed by atoms with van der Waals surface area (Å²) < 4.78 is 1.21. The topological polar surface area (TPSA) is 17.1 Å². The van der Waals surface area contributed by atoms with Crippen LogP contribution in [0, 0.1) is 3.57 Å². The van der Waals surface area contributed by atoms with E-state index in [0.29, 0.717) is 0 Å². The van der Waals surface area contributed by atoms with E-state index in [-0.39, 0.29) is 5.92 Å². The van der Waals surface area contributed by atoms with Crippen LogP contribution in [0.25, 0.3) is 0 Å². The zero-order chi connectivity index (χ0) is 9.84. The van der Waals surface area contributed by atoms with Gasteiger partial charge in [-0.1, -0.05) is 35.0 Å². The summed E-state index contributed by atoms with van der Waals surface area (Å²) in [6.45, 7) is 1.92. The second kappa shape index (κ2) is 5.10. The molecule has 1 rings (SSSR count). The van der Waals surface area contributed by atoms with Gasteiger partial charge in [0.2, 0.25) is 0 Å². The summed E-state index contributed by atoms with van der Waals surface area (Å²) in [5.41, 5.74) is 2.35. The number of aldehydes is 1.